The summed E-state index contributed by atoms with van der Waals surface area (Å²) < 4.78 is 30.4. The summed E-state index contributed by atoms with van der Waals surface area (Å²) in [4.78, 5) is 22.7. The van der Waals surface area contributed by atoms with Gasteiger partial charge in [0, 0.05) is 11.0 Å². The van der Waals surface area contributed by atoms with E-state index < -0.39 is 29.6 Å². The number of methoxy groups -OCH3 is 1. The van der Waals surface area contributed by atoms with Crippen molar-refractivity contribution < 1.29 is 23.1 Å². The summed E-state index contributed by atoms with van der Waals surface area (Å²) in [5, 5.41) is 2.40. The van der Waals surface area contributed by atoms with Crippen molar-refractivity contribution in [2.75, 3.05) is 12.9 Å². The largest absolute Gasteiger partial charge is 0.467 e. The molecule has 1 amide bonds. The quantitative estimate of drug-likeness (QED) is 0.662. The Morgan fingerprint density at radius 2 is 2.11 bits per heavy atom. The number of hydrogen-bond acceptors (Lipinski definition) is 4. The van der Waals surface area contributed by atoms with Crippen LogP contribution in [0.4, 0.5) is 8.78 Å². The number of rotatable bonds is 5. The molecule has 0 aliphatic rings. The average molecular weight is 289 g/mol. The molecule has 0 bridgehead atoms. The fourth-order valence-corrected chi connectivity index (χ4v) is 1.99. The molecular formula is C12H13F2NO3S. The number of amides is 1. The summed E-state index contributed by atoms with van der Waals surface area (Å²) in [6.07, 6.45) is 0. The third-order valence-electron chi connectivity index (χ3n) is 2.18. The lowest BCUT2D eigenvalue weighted by atomic mass is 10.3. The fraction of sp³-hybridized carbons (Fsp3) is 0.333. The van der Waals surface area contributed by atoms with Crippen LogP contribution in [0, 0.1) is 11.6 Å². The summed E-state index contributed by atoms with van der Waals surface area (Å²) in [5.74, 6) is -2.48. The van der Waals surface area contributed by atoms with Gasteiger partial charge in [-0.15, -0.1) is 11.8 Å². The average Bonchev–Trinajstić information content (AvgIpc) is 2.36. The first-order valence-corrected chi connectivity index (χ1v) is 6.37. The van der Waals surface area contributed by atoms with Gasteiger partial charge in [0.15, 0.2) is 0 Å². The smallest absolute Gasteiger partial charge is 0.328 e. The molecule has 0 saturated heterocycles. The van der Waals surface area contributed by atoms with Gasteiger partial charge in [-0.05, 0) is 19.1 Å². The van der Waals surface area contributed by atoms with Gasteiger partial charge in [0.05, 0.1) is 12.9 Å². The van der Waals surface area contributed by atoms with Crippen molar-refractivity contribution in [3.8, 4) is 0 Å². The maximum Gasteiger partial charge on any atom is 0.328 e. The number of halogens is 2. The molecule has 1 atom stereocenters. The summed E-state index contributed by atoms with van der Waals surface area (Å²) in [5.41, 5.74) is 0. The second-order valence-electron chi connectivity index (χ2n) is 3.68. The molecule has 1 aromatic carbocycles. The molecule has 1 N–H and O–H groups in total. The number of thioether (sulfide) groups is 1. The summed E-state index contributed by atoms with van der Waals surface area (Å²) in [7, 11) is 1.22. The monoisotopic (exact) mass is 289 g/mol. The molecule has 0 fully saturated rings. The van der Waals surface area contributed by atoms with E-state index in [0.717, 1.165) is 23.9 Å². The maximum atomic E-state index is 13.3. The highest BCUT2D eigenvalue weighted by Gasteiger charge is 2.16. The number of carbonyl (C=O) groups is 2. The number of hydrogen-bond donors (Lipinski definition) is 1. The highest BCUT2D eigenvalue weighted by Crippen LogP contribution is 2.21. The third-order valence-corrected chi connectivity index (χ3v) is 3.23. The number of nitrogens with one attached hydrogen (secondary N) is 1. The van der Waals surface area contributed by atoms with Gasteiger partial charge in [0.2, 0.25) is 5.91 Å². The molecule has 0 saturated carbocycles. The minimum atomic E-state index is -0.767. The lowest BCUT2D eigenvalue weighted by molar-refractivity contribution is -0.144. The highest BCUT2D eigenvalue weighted by molar-refractivity contribution is 8.00. The lowest BCUT2D eigenvalue weighted by Crippen LogP contribution is -2.40. The van der Waals surface area contributed by atoms with Crippen LogP contribution >= 0.6 is 11.8 Å². The topological polar surface area (TPSA) is 55.4 Å². The number of carbonyl (C=O) groups excluding carboxylic acids is 2. The molecule has 104 valence electrons. The minimum Gasteiger partial charge on any atom is -0.467 e. The van der Waals surface area contributed by atoms with E-state index >= 15 is 0 Å². The van der Waals surface area contributed by atoms with Crippen LogP contribution in [0.25, 0.3) is 0 Å². The van der Waals surface area contributed by atoms with Crippen LogP contribution in [0.3, 0.4) is 0 Å². The normalized spacial score (nSPS) is 11.8. The number of benzene rings is 1. The predicted molar refractivity (Wildman–Crippen MR) is 66.7 cm³/mol. The molecule has 1 rings (SSSR count). The van der Waals surface area contributed by atoms with Crippen molar-refractivity contribution in [1.82, 2.24) is 5.32 Å². The molecule has 0 radical (unpaired) electrons. The first kappa shape index (κ1) is 15.4. The van der Waals surface area contributed by atoms with Gasteiger partial charge in [-0.2, -0.15) is 0 Å². The van der Waals surface area contributed by atoms with Crippen LogP contribution in [0.15, 0.2) is 23.1 Å². The van der Waals surface area contributed by atoms with Crippen LogP contribution < -0.4 is 5.32 Å². The Bertz CT molecular complexity index is 482. The van der Waals surface area contributed by atoms with Crippen molar-refractivity contribution in [3.05, 3.63) is 29.8 Å². The van der Waals surface area contributed by atoms with Crippen molar-refractivity contribution >= 4 is 23.6 Å². The van der Waals surface area contributed by atoms with Gasteiger partial charge in [-0.25, -0.2) is 13.6 Å². The van der Waals surface area contributed by atoms with Crippen molar-refractivity contribution in [2.24, 2.45) is 0 Å². The predicted octanol–water partition coefficient (Wildman–Crippen LogP) is 1.73. The van der Waals surface area contributed by atoms with Crippen LogP contribution in [0.1, 0.15) is 6.92 Å². The minimum absolute atomic E-state index is 0.0795. The zero-order chi connectivity index (χ0) is 14.4. The van der Waals surface area contributed by atoms with Gasteiger partial charge >= 0.3 is 5.97 Å². The summed E-state index contributed by atoms with van der Waals surface area (Å²) in [6, 6.07) is 2.35. The standard InChI is InChI=1S/C12H13F2NO3S/c1-7(12(17)18-2)15-11(16)6-19-10-4-3-8(13)5-9(10)14/h3-5,7H,6H2,1-2H3,(H,15,16). The van der Waals surface area contributed by atoms with Gasteiger partial charge in [-0.1, -0.05) is 0 Å². The Balaban J connectivity index is 2.48. The Labute approximate surface area is 113 Å². The van der Waals surface area contributed by atoms with Crippen molar-refractivity contribution in [2.45, 2.75) is 17.9 Å². The molecule has 4 nitrogen and oxygen atoms in total. The Kier molecular flexibility index (Phi) is 5.75. The second-order valence-corrected chi connectivity index (χ2v) is 4.69. The molecule has 0 spiro atoms. The SMILES string of the molecule is COC(=O)C(C)NC(=O)CSc1ccc(F)cc1F. The maximum absolute atomic E-state index is 13.3. The van der Waals surface area contributed by atoms with Gasteiger partial charge < -0.3 is 10.1 Å². The summed E-state index contributed by atoms with van der Waals surface area (Å²) >= 11 is 0.919. The molecule has 0 aromatic heterocycles. The van der Waals surface area contributed by atoms with Gasteiger partial charge in [0.25, 0.3) is 0 Å². The van der Waals surface area contributed by atoms with Crippen LogP contribution in [-0.4, -0.2) is 30.8 Å². The first-order valence-electron chi connectivity index (χ1n) is 5.39. The second kappa shape index (κ2) is 7.08. The molecular weight excluding hydrogens is 276 g/mol. The molecule has 7 heteroatoms. The van der Waals surface area contributed by atoms with E-state index in [0.29, 0.717) is 0 Å². The van der Waals surface area contributed by atoms with Crippen LogP contribution in [0.5, 0.6) is 0 Å². The van der Waals surface area contributed by atoms with E-state index in [4.69, 9.17) is 0 Å². The van der Waals surface area contributed by atoms with Crippen molar-refractivity contribution in [1.29, 1.82) is 0 Å². The fourth-order valence-electron chi connectivity index (χ4n) is 1.25. The van der Waals surface area contributed by atoms with Crippen LogP contribution in [0.2, 0.25) is 0 Å². The van der Waals surface area contributed by atoms with E-state index in [1.54, 1.807) is 0 Å². The Hall–Kier alpha value is -1.63. The first-order chi connectivity index (χ1) is 8.93. The Morgan fingerprint density at radius 3 is 2.68 bits per heavy atom. The lowest BCUT2D eigenvalue weighted by Gasteiger charge is -2.11. The van der Waals surface area contributed by atoms with Gasteiger partial charge in [-0.3, -0.25) is 4.79 Å². The van der Waals surface area contributed by atoms with E-state index in [-0.39, 0.29) is 10.6 Å². The number of esters is 1. The molecule has 0 heterocycles. The third kappa shape index (κ3) is 4.86. The number of ether oxygens (including phenoxy) is 1. The zero-order valence-electron chi connectivity index (χ0n) is 10.4. The van der Waals surface area contributed by atoms with E-state index in [1.807, 2.05) is 0 Å². The zero-order valence-corrected chi connectivity index (χ0v) is 11.2. The molecule has 0 aliphatic heterocycles. The van der Waals surface area contributed by atoms with E-state index in [9.17, 15) is 18.4 Å². The van der Waals surface area contributed by atoms with E-state index in [1.165, 1.54) is 20.1 Å². The highest BCUT2D eigenvalue weighted by atomic mass is 32.2. The van der Waals surface area contributed by atoms with Crippen molar-refractivity contribution in [3.63, 3.8) is 0 Å². The molecule has 1 unspecified atom stereocenters. The molecule has 1 aromatic rings. The Morgan fingerprint density at radius 1 is 1.42 bits per heavy atom. The molecule has 0 aliphatic carbocycles. The van der Waals surface area contributed by atoms with Gasteiger partial charge in [0.1, 0.15) is 17.7 Å². The molecule has 19 heavy (non-hydrogen) atoms. The van der Waals surface area contributed by atoms with Crippen LogP contribution in [-0.2, 0) is 14.3 Å². The van der Waals surface area contributed by atoms with E-state index in [2.05, 4.69) is 10.1 Å². The summed E-state index contributed by atoms with van der Waals surface area (Å²) in [6.45, 7) is 1.48.